The molecule has 0 saturated heterocycles. The van der Waals surface area contributed by atoms with Gasteiger partial charge in [-0.05, 0) is 12.1 Å². The average Bonchev–Trinajstić information content (AvgIpc) is 2.38. The molecule has 1 heteroatoms. The van der Waals surface area contributed by atoms with Crippen LogP contribution in [0.15, 0.2) is 36.4 Å². The third-order valence-electron chi connectivity index (χ3n) is 2.77. The van der Waals surface area contributed by atoms with Crippen molar-refractivity contribution in [3.8, 4) is 24.7 Å². The molecule has 82 valence electrons. The summed E-state index contributed by atoms with van der Waals surface area (Å²) in [5.74, 6) is 5.49. The van der Waals surface area contributed by atoms with E-state index in [4.69, 9.17) is 12.8 Å². The molecule has 1 nitrogen and oxygen atoms in total. The minimum atomic E-state index is 0.162. The van der Waals surface area contributed by atoms with Gasteiger partial charge in [0.25, 0.3) is 0 Å². The van der Waals surface area contributed by atoms with Crippen LogP contribution in [0.5, 0.6) is 0 Å². The number of benzene rings is 1. The first-order chi connectivity index (χ1) is 8.35. The summed E-state index contributed by atoms with van der Waals surface area (Å²) in [5.41, 5.74) is 1.98. The summed E-state index contributed by atoms with van der Waals surface area (Å²) in [6, 6.07) is 12.1. The summed E-state index contributed by atoms with van der Waals surface area (Å²) in [6.45, 7) is 0. The Labute approximate surface area is 102 Å². The van der Waals surface area contributed by atoms with Gasteiger partial charge in [0.2, 0.25) is 0 Å². The van der Waals surface area contributed by atoms with Crippen LogP contribution >= 0.6 is 0 Å². The van der Waals surface area contributed by atoms with Crippen LogP contribution in [0.4, 0.5) is 0 Å². The zero-order valence-corrected chi connectivity index (χ0v) is 9.56. The maximum Gasteiger partial charge on any atom is 0.0705 e. The van der Waals surface area contributed by atoms with E-state index < -0.39 is 0 Å². The number of para-hydroxylation sites is 1. The summed E-state index contributed by atoms with van der Waals surface area (Å²) >= 11 is 0. The fourth-order valence-electron chi connectivity index (χ4n) is 1.87. The van der Waals surface area contributed by atoms with Crippen molar-refractivity contribution in [3.05, 3.63) is 42.1 Å². The van der Waals surface area contributed by atoms with Crippen LogP contribution in [-0.4, -0.2) is 4.98 Å². The van der Waals surface area contributed by atoms with Crippen LogP contribution in [0.3, 0.4) is 0 Å². The summed E-state index contributed by atoms with van der Waals surface area (Å²) in [7, 11) is 0. The van der Waals surface area contributed by atoms with Crippen molar-refractivity contribution in [1.82, 2.24) is 4.98 Å². The highest BCUT2D eigenvalue weighted by molar-refractivity contribution is 5.78. The molecule has 0 amide bonds. The van der Waals surface area contributed by atoms with Crippen molar-refractivity contribution in [3.63, 3.8) is 0 Å². The van der Waals surface area contributed by atoms with E-state index in [0.717, 1.165) is 16.6 Å². The van der Waals surface area contributed by atoms with Gasteiger partial charge >= 0.3 is 0 Å². The smallest absolute Gasteiger partial charge is 0.0705 e. The molecule has 1 heterocycles. The number of fused-ring (bicyclic) bond motifs is 1. The predicted molar refractivity (Wildman–Crippen MR) is 71.4 cm³/mol. The number of hydrogen-bond donors (Lipinski definition) is 0. The Morgan fingerprint density at radius 3 is 2.41 bits per heavy atom. The number of pyridine rings is 1. The largest absolute Gasteiger partial charge is 0.252 e. The Bertz CT molecular complexity index is 583. The minimum Gasteiger partial charge on any atom is -0.252 e. The molecule has 0 saturated carbocycles. The first-order valence-electron chi connectivity index (χ1n) is 5.57. The second-order valence-corrected chi connectivity index (χ2v) is 3.94. The van der Waals surface area contributed by atoms with E-state index >= 15 is 0 Å². The highest BCUT2D eigenvalue weighted by atomic mass is 14.7. The number of nitrogens with zero attached hydrogens (tertiary/aromatic N) is 1. The summed E-state index contributed by atoms with van der Waals surface area (Å²) in [4.78, 5) is 4.62. The van der Waals surface area contributed by atoms with Crippen LogP contribution < -0.4 is 0 Å². The minimum absolute atomic E-state index is 0.162. The van der Waals surface area contributed by atoms with E-state index in [2.05, 4.69) is 22.9 Å². The van der Waals surface area contributed by atoms with Gasteiger partial charge < -0.3 is 0 Å². The SMILES string of the molecule is C#CCC(CC#C)c1ccc2ccccc2n1. The third kappa shape index (κ3) is 2.47. The van der Waals surface area contributed by atoms with Crippen molar-refractivity contribution in [2.75, 3.05) is 0 Å². The van der Waals surface area contributed by atoms with E-state index in [1.165, 1.54) is 0 Å². The zero-order chi connectivity index (χ0) is 12.1. The van der Waals surface area contributed by atoms with Gasteiger partial charge in [-0.15, -0.1) is 24.7 Å². The molecule has 2 aromatic rings. The monoisotopic (exact) mass is 219 g/mol. The van der Waals surface area contributed by atoms with Gasteiger partial charge in [-0.2, -0.15) is 0 Å². The van der Waals surface area contributed by atoms with E-state index in [1.54, 1.807) is 0 Å². The van der Waals surface area contributed by atoms with Gasteiger partial charge in [0.05, 0.1) is 5.52 Å². The molecule has 0 bridgehead atoms. The Morgan fingerprint density at radius 2 is 1.71 bits per heavy atom. The molecule has 0 N–H and O–H groups in total. The number of terminal acetylenes is 2. The third-order valence-corrected chi connectivity index (χ3v) is 2.77. The van der Waals surface area contributed by atoms with Gasteiger partial charge in [-0.3, -0.25) is 4.98 Å². The molecule has 1 aromatic carbocycles. The van der Waals surface area contributed by atoms with Gasteiger partial charge in [0.1, 0.15) is 0 Å². The molecular weight excluding hydrogens is 206 g/mol. The van der Waals surface area contributed by atoms with Gasteiger partial charge in [0.15, 0.2) is 0 Å². The van der Waals surface area contributed by atoms with E-state index in [1.807, 2.05) is 30.3 Å². The Hall–Kier alpha value is -2.25. The standard InChI is InChI=1S/C16H13N/c1-3-7-13(8-4-2)16-12-11-14-9-5-6-10-15(14)17-16/h1-2,5-6,9-13H,7-8H2. The predicted octanol–water partition coefficient (Wildman–Crippen LogP) is 3.37. The first-order valence-corrected chi connectivity index (χ1v) is 5.57. The van der Waals surface area contributed by atoms with Crippen LogP contribution in [0.2, 0.25) is 0 Å². The van der Waals surface area contributed by atoms with Gasteiger partial charge in [-0.25, -0.2) is 0 Å². The molecule has 0 aliphatic heterocycles. The normalized spacial score (nSPS) is 10.1. The maximum atomic E-state index is 5.36. The van der Waals surface area contributed by atoms with Crippen molar-refractivity contribution in [1.29, 1.82) is 0 Å². The van der Waals surface area contributed by atoms with Crippen molar-refractivity contribution in [2.45, 2.75) is 18.8 Å². The summed E-state index contributed by atoms with van der Waals surface area (Å²) in [5, 5.41) is 1.14. The molecule has 0 unspecified atom stereocenters. The zero-order valence-electron chi connectivity index (χ0n) is 9.56. The molecule has 1 aromatic heterocycles. The molecule has 0 aliphatic rings. The lowest BCUT2D eigenvalue weighted by Gasteiger charge is -2.11. The lowest BCUT2D eigenvalue weighted by atomic mass is 9.97. The van der Waals surface area contributed by atoms with Crippen molar-refractivity contribution < 1.29 is 0 Å². The fraction of sp³-hybridized carbons (Fsp3) is 0.188. The van der Waals surface area contributed by atoms with Gasteiger partial charge in [0, 0.05) is 29.8 Å². The molecule has 0 radical (unpaired) electrons. The lowest BCUT2D eigenvalue weighted by molar-refractivity contribution is 0.714. The molecule has 17 heavy (non-hydrogen) atoms. The van der Waals surface area contributed by atoms with Crippen molar-refractivity contribution >= 4 is 10.9 Å². The Morgan fingerprint density at radius 1 is 1.00 bits per heavy atom. The van der Waals surface area contributed by atoms with E-state index in [0.29, 0.717) is 12.8 Å². The van der Waals surface area contributed by atoms with E-state index in [9.17, 15) is 0 Å². The molecule has 0 spiro atoms. The summed E-state index contributed by atoms with van der Waals surface area (Å²) in [6.07, 6.45) is 12.0. The molecule has 0 atom stereocenters. The van der Waals surface area contributed by atoms with Crippen LogP contribution in [0.1, 0.15) is 24.5 Å². The molecule has 0 fully saturated rings. The summed E-state index contributed by atoms with van der Waals surface area (Å²) < 4.78 is 0. The molecule has 2 rings (SSSR count). The number of aromatic nitrogens is 1. The number of rotatable bonds is 3. The molecule has 0 aliphatic carbocycles. The second kappa shape index (κ2) is 5.19. The van der Waals surface area contributed by atoms with Crippen molar-refractivity contribution in [2.24, 2.45) is 0 Å². The van der Waals surface area contributed by atoms with Gasteiger partial charge in [-0.1, -0.05) is 24.3 Å². The van der Waals surface area contributed by atoms with Crippen LogP contribution in [0.25, 0.3) is 10.9 Å². The Balaban J connectivity index is 2.41. The van der Waals surface area contributed by atoms with E-state index in [-0.39, 0.29) is 5.92 Å². The fourth-order valence-corrected chi connectivity index (χ4v) is 1.87. The number of hydrogen-bond acceptors (Lipinski definition) is 1. The topological polar surface area (TPSA) is 12.9 Å². The van der Waals surface area contributed by atoms with Crippen LogP contribution in [-0.2, 0) is 0 Å². The lowest BCUT2D eigenvalue weighted by Crippen LogP contribution is -2.00. The average molecular weight is 219 g/mol. The highest BCUT2D eigenvalue weighted by Gasteiger charge is 2.10. The quantitative estimate of drug-likeness (QED) is 0.721. The Kier molecular flexibility index (Phi) is 3.43. The van der Waals surface area contributed by atoms with Crippen LogP contribution in [0, 0.1) is 24.7 Å². The second-order valence-electron chi connectivity index (χ2n) is 3.94. The maximum absolute atomic E-state index is 5.36. The first kappa shape index (κ1) is 11.2. The molecular formula is C16H13N. The highest BCUT2D eigenvalue weighted by Crippen LogP contribution is 2.23.